The van der Waals surface area contributed by atoms with Crippen LogP contribution in [-0.2, 0) is 15.0 Å². The fraction of sp³-hybridized carbons (Fsp3) is 0.176. The molecule has 1 aliphatic rings. The molecule has 0 saturated heterocycles. The van der Waals surface area contributed by atoms with E-state index in [4.69, 9.17) is 0 Å². The number of benzene rings is 2. The Bertz CT molecular complexity index is 627. The third kappa shape index (κ3) is 3.29. The molecule has 3 rings (SSSR count). The second kappa shape index (κ2) is 7.97. The number of carbonyl (C=O) groups is 2. The summed E-state index contributed by atoms with van der Waals surface area (Å²) in [6.45, 7) is 0. The van der Waals surface area contributed by atoms with Crippen LogP contribution in [0.15, 0.2) is 60.7 Å². The van der Waals surface area contributed by atoms with Crippen molar-refractivity contribution in [1.82, 2.24) is 0 Å². The summed E-state index contributed by atoms with van der Waals surface area (Å²) >= 11 is 0. The second-order valence-electron chi connectivity index (χ2n) is 5.19. The van der Waals surface area contributed by atoms with Crippen LogP contribution in [0.25, 0.3) is 0 Å². The topological polar surface area (TPSA) is 80.3 Å². The van der Waals surface area contributed by atoms with E-state index < -0.39 is 29.2 Å². The summed E-state index contributed by atoms with van der Waals surface area (Å²) in [4.78, 5) is 22.9. The van der Waals surface area contributed by atoms with Crippen molar-refractivity contribution >= 4 is 11.9 Å². The molecule has 0 spiro atoms. The van der Waals surface area contributed by atoms with Gasteiger partial charge in [-0.2, -0.15) is 0 Å². The van der Waals surface area contributed by atoms with Gasteiger partial charge in [0.25, 0.3) is 0 Å². The van der Waals surface area contributed by atoms with Crippen molar-refractivity contribution in [3.05, 3.63) is 71.8 Å². The van der Waals surface area contributed by atoms with Gasteiger partial charge in [0.1, 0.15) is 0 Å². The molecule has 6 heteroatoms. The van der Waals surface area contributed by atoms with Gasteiger partial charge in [0, 0.05) is 29.2 Å². The zero-order valence-corrected chi connectivity index (χ0v) is 17.1. The van der Waals surface area contributed by atoms with E-state index in [0.29, 0.717) is 11.1 Å². The molecular formula is C17H12Na2O4. The van der Waals surface area contributed by atoms with Gasteiger partial charge in [-0.15, -0.1) is 0 Å². The molecule has 4 nitrogen and oxygen atoms in total. The first-order valence-corrected chi connectivity index (χ1v) is 6.63. The average molecular weight is 326 g/mol. The van der Waals surface area contributed by atoms with Gasteiger partial charge in [0.15, 0.2) is 0 Å². The van der Waals surface area contributed by atoms with Crippen LogP contribution in [0.1, 0.15) is 11.1 Å². The number of carboxylic acids is 2. The first-order valence-electron chi connectivity index (χ1n) is 6.63. The molecule has 1 saturated carbocycles. The van der Waals surface area contributed by atoms with Gasteiger partial charge in [-0.3, -0.25) is 0 Å². The van der Waals surface area contributed by atoms with Gasteiger partial charge in [0.2, 0.25) is 0 Å². The maximum Gasteiger partial charge on any atom is 1.00 e. The van der Waals surface area contributed by atoms with Gasteiger partial charge in [-0.25, -0.2) is 0 Å². The number of aliphatic carboxylic acids is 2. The minimum Gasteiger partial charge on any atom is -0.550 e. The van der Waals surface area contributed by atoms with Gasteiger partial charge in [-0.05, 0) is 11.1 Å². The predicted molar refractivity (Wildman–Crippen MR) is 70.7 cm³/mol. The van der Waals surface area contributed by atoms with Crippen LogP contribution < -0.4 is 69.3 Å². The summed E-state index contributed by atoms with van der Waals surface area (Å²) in [7, 11) is 0. The maximum absolute atomic E-state index is 11.4. The van der Waals surface area contributed by atoms with E-state index in [9.17, 15) is 19.8 Å². The van der Waals surface area contributed by atoms with Gasteiger partial charge < -0.3 is 19.8 Å². The zero-order chi connectivity index (χ0) is 15.0. The monoisotopic (exact) mass is 326 g/mol. The van der Waals surface area contributed by atoms with Crippen molar-refractivity contribution in [2.75, 3.05) is 0 Å². The van der Waals surface area contributed by atoms with Crippen LogP contribution in [0, 0.1) is 11.8 Å². The van der Waals surface area contributed by atoms with E-state index in [-0.39, 0.29) is 59.1 Å². The van der Waals surface area contributed by atoms with Crippen LogP contribution in [0.5, 0.6) is 0 Å². The Balaban J connectivity index is 0.00000132. The molecule has 23 heavy (non-hydrogen) atoms. The number of carboxylic acid groups (broad SMARTS) is 2. The molecule has 0 N–H and O–H groups in total. The molecule has 0 heterocycles. The van der Waals surface area contributed by atoms with E-state index in [2.05, 4.69) is 0 Å². The number of hydrogen-bond donors (Lipinski definition) is 0. The molecular weight excluding hydrogens is 314 g/mol. The number of rotatable bonds is 4. The molecule has 2 unspecified atom stereocenters. The van der Waals surface area contributed by atoms with Crippen molar-refractivity contribution < 1.29 is 78.9 Å². The number of hydrogen-bond acceptors (Lipinski definition) is 4. The molecule has 2 aromatic carbocycles. The van der Waals surface area contributed by atoms with Crippen molar-refractivity contribution in [3.8, 4) is 0 Å². The fourth-order valence-electron chi connectivity index (χ4n) is 3.34. The summed E-state index contributed by atoms with van der Waals surface area (Å²) in [5.41, 5.74) is 0.194. The normalized spacial score (nSPS) is 20.5. The van der Waals surface area contributed by atoms with Crippen molar-refractivity contribution in [3.63, 3.8) is 0 Å². The quantitative estimate of drug-likeness (QED) is 0.524. The van der Waals surface area contributed by atoms with E-state index >= 15 is 0 Å². The summed E-state index contributed by atoms with van der Waals surface area (Å²) in [5.74, 6) is -4.96. The summed E-state index contributed by atoms with van der Waals surface area (Å²) < 4.78 is 0. The van der Waals surface area contributed by atoms with Crippen molar-refractivity contribution in [2.24, 2.45) is 11.8 Å². The van der Waals surface area contributed by atoms with E-state index in [1.54, 1.807) is 60.7 Å². The molecule has 0 aliphatic heterocycles. The minimum absolute atomic E-state index is 0. The Hall–Kier alpha value is -0.620. The van der Waals surface area contributed by atoms with Crippen LogP contribution in [0.4, 0.5) is 0 Å². The van der Waals surface area contributed by atoms with Crippen molar-refractivity contribution in [2.45, 2.75) is 5.41 Å². The smallest absolute Gasteiger partial charge is 0.550 e. The summed E-state index contributed by atoms with van der Waals surface area (Å²) in [6.07, 6.45) is 0. The van der Waals surface area contributed by atoms with E-state index in [1.807, 2.05) is 0 Å². The molecule has 2 aromatic rings. The molecule has 106 valence electrons. The molecule has 2 atom stereocenters. The number of carbonyl (C=O) groups excluding carboxylic acids is 2. The first kappa shape index (κ1) is 20.4. The Morgan fingerprint density at radius 3 is 1.26 bits per heavy atom. The predicted octanol–water partition coefficient (Wildman–Crippen LogP) is -6.27. The molecule has 0 radical (unpaired) electrons. The molecule has 1 aliphatic carbocycles. The van der Waals surface area contributed by atoms with E-state index in [1.165, 1.54) is 0 Å². The average Bonchev–Trinajstić information content (AvgIpc) is 3.21. The van der Waals surface area contributed by atoms with Crippen LogP contribution in [0.2, 0.25) is 0 Å². The Morgan fingerprint density at radius 2 is 1.00 bits per heavy atom. The Labute approximate surface area is 178 Å². The third-order valence-electron chi connectivity index (χ3n) is 4.22. The zero-order valence-electron chi connectivity index (χ0n) is 13.1. The Kier molecular flexibility index (Phi) is 7.08. The minimum atomic E-state index is -1.36. The Morgan fingerprint density at radius 1 is 0.696 bits per heavy atom. The van der Waals surface area contributed by atoms with Crippen LogP contribution in [-0.4, -0.2) is 11.9 Å². The van der Waals surface area contributed by atoms with Gasteiger partial charge in [-0.1, -0.05) is 60.7 Å². The maximum atomic E-state index is 11.4. The van der Waals surface area contributed by atoms with Crippen LogP contribution in [0.3, 0.4) is 0 Å². The molecule has 0 bridgehead atoms. The van der Waals surface area contributed by atoms with E-state index in [0.717, 1.165) is 0 Å². The molecule has 0 aromatic heterocycles. The van der Waals surface area contributed by atoms with Gasteiger partial charge in [0.05, 0.1) is 0 Å². The van der Waals surface area contributed by atoms with Crippen molar-refractivity contribution in [1.29, 1.82) is 0 Å². The fourth-order valence-corrected chi connectivity index (χ4v) is 3.34. The first-order chi connectivity index (χ1) is 10.1. The van der Waals surface area contributed by atoms with Crippen LogP contribution >= 0.6 is 0 Å². The SMILES string of the molecule is O=C([O-])C1C(C(=O)[O-])C1(c1ccccc1)c1ccccc1.[Na+].[Na+]. The summed E-state index contributed by atoms with van der Waals surface area (Å²) in [5, 5.41) is 22.9. The molecule has 0 amide bonds. The second-order valence-corrected chi connectivity index (χ2v) is 5.19. The largest absolute Gasteiger partial charge is 1.00 e. The molecule has 1 fully saturated rings. The summed E-state index contributed by atoms with van der Waals surface area (Å²) in [6, 6.07) is 17.6. The van der Waals surface area contributed by atoms with Gasteiger partial charge >= 0.3 is 59.1 Å². The third-order valence-corrected chi connectivity index (χ3v) is 4.22. The standard InChI is InChI=1S/C17H14O4.2Na/c18-15(19)13-14(16(20)21)17(13,11-7-3-1-4-8-11)12-9-5-2-6-10-12;;/h1-10,13-14H,(H,18,19)(H,20,21);;/q;2*+1/p-2.